The maximum absolute atomic E-state index is 12.3. The summed E-state index contributed by atoms with van der Waals surface area (Å²) < 4.78 is 10.4. The molecule has 0 aliphatic rings. The van der Waals surface area contributed by atoms with E-state index in [0.29, 0.717) is 13.0 Å². The molecule has 1 unspecified atom stereocenters. The summed E-state index contributed by atoms with van der Waals surface area (Å²) in [6.07, 6.45) is 0.278. The van der Waals surface area contributed by atoms with Crippen molar-refractivity contribution in [1.29, 1.82) is 0 Å². The monoisotopic (exact) mass is 350 g/mol. The zero-order valence-electron chi connectivity index (χ0n) is 15.8. The number of alkyl carbamates (subject to hydrolysis) is 1. The first-order valence-corrected chi connectivity index (χ1v) is 8.80. The maximum Gasteiger partial charge on any atom is 0.407 e. The van der Waals surface area contributed by atoms with Crippen LogP contribution >= 0.6 is 0 Å². The molecule has 1 aromatic rings. The van der Waals surface area contributed by atoms with Crippen LogP contribution in [0.4, 0.5) is 4.79 Å². The van der Waals surface area contributed by atoms with Gasteiger partial charge in [0, 0.05) is 6.54 Å². The normalized spacial score (nSPS) is 12.0. The summed E-state index contributed by atoms with van der Waals surface area (Å²) in [5.74, 6) is 0.598. The molecule has 6 heteroatoms. The van der Waals surface area contributed by atoms with E-state index in [2.05, 4.69) is 10.6 Å². The molecule has 0 bridgehead atoms. The Bertz CT molecular complexity index is 541. The number of carbonyl (C=O) groups excluding carboxylic acids is 2. The molecule has 0 aromatic heterocycles. The van der Waals surface area contributed by atoms with Gasteiger partial charge in [0.2, 0.25) is 5.91 Å². The van der Waals surface area contributed by atoms with Gasteiger partial charge in [-0.05, 0) is 50.8 Å². The Balaban J connectivity index is 2.47. The molecule has 2 N–H and O–H groups in total. The summed E-state index contributed by atoms with van der Waals surface area (Å²) >= 11 is 0. The van der Waals surface area contributed by atoms with Crippen LogP contribution in [0, 0.1) is 5.92 Å². The van der Waals surface area contributed by atoms with Crippen molar-refractivity contribution in [2.24, 2.45) is 5.92 Å². The number of nitrogens with one attached hydrogen (secondary N) is 2. The first kappa shape index (κ1) is 20.8. The van der Waals surface area contributed by atoms with Gasteiger partial charge in [0.1, 0.15) is 11.8 Å². The molecule has 140 valence electrons. The third-order valence-corrected chi connectivity index (χ3v) is 3.51. The van der Waals surface area contributed by atoms with Crippen molar-refractivity contribution in [1.82, 2.24) is 10.6 Å². The van der Waals surface area contributed by atoms with Crippen LogP contribution in [0.3, 0.4) is 0 Å². The molecule has 0 fully saturated rings. The molecule has 0 aliphatic carbocycles. The number of amides is 2. The van der Waals surface area contributed by atoms with Gasteiger partial charge < -0.3 is 20.1 Å². The predicted molar refractivity (Wildman–Crippen MR) is 97.7 cm³/mol. The summed E-state index contributed by atoms with van der Waals surface area (Å²) in [6, 6.07) is 7.22. The molecule has 0 saturated heterocycles. The number of hydrogen-bond acceptors (Lipinski definition) is 4. The quantitative estimate of drug-likeness (QED) is 0.718. The van der Waals surface area contributed by atoms with E-state index in [4.69, 9.17) is 9.47 Å². The molecule has 0 saturated carbocycles. The van der Waals surface area contributed by atoms with Gasteiger partial charge in [-0.3, -0.25) is 4.79 Å². The van der Waals surface area contributed by atoms with Gasteiger partial charge in [-0.2, -0.15) is 0 Å². The topological polar surface area (TPSA) is 76.7 Å². The van der Waals surface area contributed by atoms with Crippen LogP contribution in [0.1, 0.15) is 40.2 Å². The van der Waals surface area contributed by atoms with E-state index < -0.39 is 12.1 Å². The number of rotatable bonds is 9. The Morgan fingerprint density at radius 1 is 1.08 bits per heavy atom. The zero-order valence-corrected chi connectivity index (χ0v) is 15.8. The van der Waals surface area contributed by atoms with Crippen LogP contribution in [-0.4, -0.2) is 37.3 Å². The second kappa shape index (κ2) is 10.6. The van der Waals surface area contributed by atoms with Gasteiger partial charge in [0.05, 0.1) is 12.7 Å². The van der Waals surface area contributed by atoms with Crippen LogP contribution in [0.2, 0.25) is 0 Å². The summed E-state index contributed by atoms with van der Waals surface area (Å²) in [5, 5.41) is 5.47. The molecular weight excluding hydrogens is 320 g/mol. The van der Waals surface area contributed by atoms with Crippen LogP contribution in [0.25, 0.3) is 0 Å². The Hall–Kier alpha value is -2.24. The lowest BCUT2D eigenvalue weighted by Crippen LogP contribution is -2.50. The Morgan fingerprint density at radius 2 is 1.72 bits per heavy atom. The van der Waals surface area contributed by atoms with Crippen molar-refractivity contribution >= 4 is 12.0 Å². The average molecular weight is 350 g/mol. The average Bonchev–Trinajstić information content (AvgIpc) is 2.53. The minimum Gasteiger partial charge on any atom is -0.491 e. The van der Waals surface area contributed by atoms with Gasteiger partial charge in [0.15, 0.2) is 0 Å². The highest BCUT2D eigenvalue weighted by Gasteiger charge is 2.24. The molecule has 2 amide bonds. The van der Waals surface area contributed by atoms with Crippen molar-refractivity contribution in [3.63, 3.8) is 0 Å². The minimum absolute atomic E-state index is 0.0307. The van der Waals surface area contributed by atoms with E-state index in [0.717, 1.165) is 11.3 Å². The van der Waals surface area contributed by atoms with E-state index in [1.165, 1.54) is 0 Å². The van der Waals surface area contributed by atoms with Crippen LogP contribution in [0.5, 0.6) is 5.75 Å². The lowest BCUT2D eigenvalue weighted by molar-refractivity contribution is -0.124. The molecular formula is C19H30N2O4. The predicted octanol–water partition coefficient (Wildman–Crippen LogP) is 2.90. The minimum atomic E-state index is -0.610. The first-order valence-electron chi connectivity index (χ1n) is 8.80. The number of carbonyl (C=O) groups is 2. The Labute approximate surface area is 150 Å². The fourth-order valence-corrected chi connectivity index (χ4v) is 2.28. The highest BCUT2D eigenvalue weighted by atomic mass is 16.5. The van der Waals surface area contributed by atoms with Crippen molar-refractivity contribution in [3.05, 3.63) is 29.8 Å². The zero-order chi connectivity index (χ0) is 18.8. The molecule has 1 aromatic carbocycles. The molecule has 1 atom stereocenters. The largest absolute Gasteiger partial charge is 0.491 e. The molecule has 6 nitrogen and oxygen atoms in total. The van der Waals surface area contributed by atoms with Crippen LogP contribution in [0.15, 0.2) is 24.3 Å². The summed E-state index contributed by atoms with van der Waals surface area (Å²) in [7, 11) is 0. The van der Waals surface area contributed by atoms with E-state index in [1.807, 2.05) is 52.0 Å². The van der Waals surface area contributed by atoms with Gasteiger partial charge in [0.25, 0.3) is 0 Å². The number of hydrogen-bond donors (Lipinski definition) is 2. The second-order valence-corrected chi connectivity index (χ2v) is 6.44. The van der Waals surface area contributed by atoms with Crippen molar-refractivity contribution < 1.29 is 19.1 Å². The molecule has 0 radical (unpaired) electrons. The van der Waals surface area contributed by atoms with Gasteiger partial charge in [-0.1, -0.05) is 26.0 Å². The lowest BCUT2D eigenvalue weighted by Gasteiger charge is -2.21. The lowest BCUT2D eigenvalue weighted by atomic mass is 10.0. The van der Waals surface area contributed by atoms with Crippen LogP contribution < -0.4 is 15.4 Å². The number of benzene rings is 1. The second-order valence-electron chi connectivity index (χ2n) is 6.44. The summed E-state index contributed by atoms with van der Waals surface area (Å²) in [6.45, 7) is 10.2. The number of ether oxygens (including phenoxy) is 2. The first-order chi connectivity index (χ1) is 11.8. The summed E-state index contributed by atoms with van der Waals surface area (Å²) in [4.78, 5) is 23.8. The molecule has 1 rings (SSSR count). The van der Waals surface area contributed by atoms with E-state index in [1.54, 1.807) is 6.92 Å². The van der Waals surface area contributed by atoms with Gasteiger partial charge in [-0.15, -0.1) is 0 Å². The highest BCUT2D eigenvalue weighted by molar-refractivity contribution is 5.85. The standard InChI is InChI=1S/C19H30N2O4/c1-6-24-19(23)21-17(13(2)3)18(22)20-12-11-15-7-9-16(10-8-15)25-14(4)5/h7-10,13-14,17H,6,11-12H2,1-5H3,(H,20,22)(H,21,23). The van der Waals surface area contributed by atoms with Crippen molar-refractivity contribution in [3.8, 4) is 5.75 Å². The van der Waals surface area contributed by atoms with Crippen molar-refractivity contribution in [2.75, 3.05) is 13.2 Å². The van der Waals surface area contributed by atoms with Gasteiger partial charge in [-0.25, -0.2) is 4.79 Å². The fraction of sp³-hybridized carbons (Fsp3) is 0.579. The third-order valence-electron chi connectivity index (χ3n) is 3.51. The van der Waals surface area contributed by atoms with Crippen molar-refractivity contribution in [2.45, 2.75) is 53.2 Å². The highest BCUT2D eigenvalue weighted by Crippen LogP contribution is 2.14. The molecule has 0 spiro atoms. The molecule has 0 aliphatic heterocycles. The Morgan fingerprint density at radius 3 is 2.24 bits per heavy atom. The fourth-order valence-electron chi connectivity index (χ4n) is 2.28. The van der Waals surface area contributed by atoms with Gasteiger partial charge >= 0.3 is 6.09 Å². The molecule has 25 heavy (non-hydrogen) atoms. The smallest absolute Gasteiger partial charge is 0.407 e. The van der Waals surface area contributed by atoms with Crippen LogP contribution in [-0.2, 0) is 16.0 Å². The Kier molecular flexibility index (Phi) is 8.81. The maximum atomic E-state index is 12.3. The SMILES string of the molecule is CCOC(=O)NC(C(=O)NCCc1ccc(OC(C)C)cc1)C(C)C. The summed E-state index contributed by atoms with van der Waals surface area (Å²) in [5.41, 5.74) is 1.11. The van der Waals surface area contributed by atoms with E-state index in [-0.39, 0.29) is 24.5 Å². The third kappa shape index (κ3) is 7.92. The molecule has 0 heterocycles. The van der Waals surface area contributed by atoms with E-state index in [9.17, 15) is 9.59 Å². The van der Waals surface area contributed by atoms with E-state index >= 15 is 0 Å².